The van der Waals surface area contributed by atoms with Gasteiger partial charge in [-0.1, -0.05) is 19.1 Å². The Morgan fingerprint density at radius 3 is 2.10 bits per heavy atom. The van der Waals surface area contributed by atoms with E-state index in [1.807, 2.05) is 24.3 Å². The molecule has 7 nitrogen and oxygen atoms in total. The van der Waals surface area contributed by atoms with E-state index in [0.717, 1.165) is 23.2 Å². The van der Waals surface area contributed by atoms with Crippen LogP contribution in [0.25, 0.3) is 0 Å². The summed E-state index contributed by atoms with van der Waals surface area (Å²) >= 11 is 0. The molecule has 0 radical (unpaired) electrons. The second kappa shape index (κ2) is 10.9. The predicted molar refractivity (Wildman–Crippen MR) is 112 cm³/mol. The topological polar surface area (TPSA) is 85.9 Å². The van der Waals surface area contributed by atoms with Crippen LogP contribution in [0, 0.1) is 0 Å². The van der Waals surface area contributed by atoms with Gasteiger partial charge in [-0.15, -0.1) is 0 Å². The molecular weight excluding hydrogens is 372 g/mol. The van der Waals surface area contributed by atoms with Crippen LogP contribution in [-0.4, -0.2) is 33.1 Å². The average Bonchev–Trinajstić information content (AvgIpc) is 2.75. The summed E-state index contributed by atoms with van der Waals surface area (Å²) in [6.07, 6.45) is 1.11. The Balaban J connectivity index is 1.86. The number of hydrogen-bond donors (Lipinski definition) is 2. The fraction of sp³-hybridized carbons (Fsp3) is 0.364. The lowest BCUT2D eigenvalue weighted by molar-refractivity contribution is -0.124. The molecule has 2 aromatic carbocycles. The quantitative estimate of drug-likeness (QED) is 0.639. The van der Waals surface area contributed by atoms with Gasteiger partial charge in [0.2, 0.25) is 17.6 Å². The average molecular weight is 400 g/mol. The van der Waals surface area contributed by atoms with Crippen LogP contribution in [-0.2, 0) is 22.6 Å². The van der Waals surface area contributed by atoms with E-state index in [4.69, 9.17) is 14.2 Å². The van der Waals surface area contributed by atoms with E-state index in [2.05, 4.69) is 17.6 Å². The van der Waals surface area contributed by atoms with Gasteiger partial charge in [0.15, 0.2) is 11.5 Å². The Morgan fingerprint density at radius 1 is 0.862 bits per heavy atom. The van der Waals surface area contributed by atoms with E-state index in [0.29, 0.717) is 17.2 Å². The zero-order chi connectivity index (χ0) is 21.2. The summed E-state index contributed by atoms with van der Waals surface area (Å²) in [5, 5.41) is 5.63. The minimum absolute atomic E-state index is 0.101. The van der Waals surface area contributed by atoms with Crippen LogP contribution in [0.2, 0.25) is 0 Å². The molecule has 2 aromatic rings. The maximum atomic E-state index is 12.1. The molecule has 0 saturated heterocycles. The number of hydrogen-bond acceptors (Lipinski definition) is 5. The number of carbonyl (C=O) groups excluding carboxylic acids is 2. The lowest BCUT2D eigenvalue weighted by Gasteiger charge is -2.14. The van der Waals surface area contributed by atoms with E-state index >= 15 is 0 Å². The summed E-state index contributed by atoms with van der Waals surface area (Å²) in [6, 6.07) is 11.2. The molecule has 0 unspecified atom stereocenters. The monoisotopic (exact) mass is 400 g/mol. The summed E-state index contributed by atoms with van der Waals surface area (Å²) in [6.45, 7) is 2.34. The van der Waals surface area contributed by atoms with Crippen molar-refractivity contribution >= 4 is 17.5 Å². The van der Waals surface area contributed by atoms with Crippen LogP contribution in [0.3, 0.4) is 0 Å². The summed E-state index contributed by atoms with van der Waals surface area (Å²) in [5.41, 5.74) is 2.69. The SMILES string of the molecule is CCc1cccc(NC(=O)CCC(=O)NCc2cc(OC)c(OC)c(OC)c2)c1. The fourth-order valence-electron chi connectivity index (χ4n) is 2.85. The van der Waals surface area contributed by atoms with Gasteiger partial charge in [-0.3, -0.25) is 9.59 Å². The van der Waals surface area contributed by atoms with Crippen molar-refractivity contribution in [2.24, 2.45) is 0 Å². The molecule has 0 aliphatic rings. The van der Waals surface area contributed by atoms with Gasteiger partial charge in [0, 0.05) is 25.1 Å². The molecule has 29 heavy (non-hydrogen) atoms. The lowest BCUT2D eigenvalue weighted by atomic mass is 10.1. The lowest BCUT2D eigenvalue weighted by Crippen LogP contribution is -2.24. The Bertz CT molecular complexity index is 826. The van der Waals surface area contributed by atoms with Crippen molar-refractivity contribution in [2.45, 2.75) is 32.7 Å². The summed E-state index contributed by atoms with van der Waals surface area (Å²) in [4.78, 5) is 24.2. The first-order valence-electron chi connectivity index (χ1n) is 9.45. The minimum Gasteiger partial charge on any atom is -0.493 e. The van der Waals surface area contributed by atoms with Crippen molar-refractivity contribution in [1.82, 2.24) is 5.32 Å². The second-order valence-electron chi connectivity index (χ2n) is 6.41. The third-order valence-electron chi connectivity index (χ3n) is 4.41. The zero-order valence-electron chi connectivity index (χ0n) is 17.3. The van der Waals surface area contributed by atoms with Crippen LogP contribution in [0.4, 0.5) is 5.69 Å². The Labute approximate surface area is 171 Å². The summed E-state index contributed by atoms with van der Waals surface area (Å²) < 4.78 is 15.9. The highest BCUT2D eigenvalue weighted by molar-refractivity contribution is 5.93. The van der Waals surface area contributed by atoms with Crippen molar-refractivity contribution in [3.63, 3.8) is 0 Å². The second-order valence-corrected chi connectivity index (χ2v) is 6.41. The number of methoxy groups -OCH3 is 3. The van der Waals surface area contributed by atoms with Gasteiger partial charge in [-0.2, -0.15) is 0 Å². The molecule has 2 N–H and O–H groups in total. The van der Waals surface area contributed by atoms with Gasteiger partial charge in [-0.05, 0) is 41.8 Å². The number of ether oxygens (including phenoxy) is 3. The van der Waals surface area contributed by atoms with Gasteiger partial charge >= 0.3 is 0 Å². The van der Waals surface area contributed by atoms with E-state index in [-0.39, 0.29) is 31.2 Å². The summed E-state index contributed by atoms with van der Waals surface area (Å²) in [5.74, 6) is 1.13. The van der Waals surface area contributed by atoms with Gasteiger partial charge in [0.05, 0.1) is 21.3 Å². The van der Waals surface area contributed by atoms with E-state index in [1.54, 1.807) is 12.1 Å². The largest absolute Gasteiger partial charge is 0.493 e. The van der Waals surface area contributed by atoms with E-state index in [1.165, 1.54) is 21.3 Å². The smallest absolute Gasteiger partial charge is 0.224 e. The van der Waals surface area contributed by atoms with Gasteiger partial charge in [-0.25, -0.2) is 0 Å². The van der Waals surface area contributed by atoms with Gasteiger partial charge in [0.1, 0.15) is 0 Å². The highest BCUT2D eigenvalue weighted by Crippen LogP contribution is 2.38. The zero-order valence-corrected chi connectivity index (χ0v) is 17.3. The number of aryl methyl sites for hydroxylation is 1. The number of anilines is 1. The molecular formula is C22H28N2O5. The summed E-state index contributed by atoms with van der Waals surface area (Å²) in [7, 11) is 4.61. The first kappa shape index (κ1) is 22.1. The molecule has 0 fully saturated rings. The first-order valence-corrected chi connectivity index (χ1v) is 9.45. The van der Waals surface area contributed by atoms with Crippen molar-refractivity contribution < 1.29 is 23.8 Å². The van der Waals surface area contributed by atoms with Gasteiger partial charge in [0.25, 0.3) is 0 Å². The highest BCUT2D eigenvalue weighted by Gasteiger charge is 2.14. The predicted octanol–water partition coefficient (Wildman–Crippen LogP) is 3.31. The minimum atomic E-state index is -0.212. The number of carbonyl (C=O) groups is 2. The van der Waals surface area contributed by atoms with Gasteiger partial charge < -0.3 is 24.8 Å². The molecule has 0 spiro atoms. The molecule has 0 heterocycles. The normalized spacial score (nSPS) is 10.2. The molecule has 0 aliphatic heterocycles. The van der Waals surface area contributed by atoms with Crippen LogP contribution >= 0.6 is 0 Å². The molecule has 7 heteroatoms. The molecule has 0 bridgehead atoms. The van der Waals surface area contributed by atoms with Crippen LogP contribution in [0.5, 0.6) is 17.2 Å². The van der Waals surface area contributed by atoms with E-state index < -0.39 is 0 Å². The Kier molecular flexibility index (Phi) is 8.33. The third-order valence-corrected chi connectivity index (χ3v) is 4.41. The fourth-order valence-corrected chi connectivity index (χ4v) is 2.85. The standard InChI is InChI=1S/C22H28N2O5/c1-5-15-7-6-8-17(11-15)24-21(26)10-9-20(25)23-14-16-12-18(27-2)22(29-4)19(13-16)28-3/h6-8,11-13H,5,9-10,14H2,1-4H3,(H,23,25)(H,24,26). The molecule has 156 valence electrons. The molecule has 0 atom stereocenters. The molecule has 0 aromatic heterocycles. The van der Waals surface area contributed by atoms with E-state index in [9.17, 15) is 9.59 Å². The van der Waals surface area contributed by atoms with Crippen molar-refractivity contribution in [2.75, 3.05) is 26.6 Å². The maximum absolute atomic E-state index is 12.1. The first-order chi connectivity index (χ1) is 14.0. The Morgan fingerprint density at radius 2 is 1.52 bits per heavy atom. The number of rotatable bonds is 10. The molecule has 0 aliphatic carbocycles. The van der Waals surface area contributed by atoms with Crippen LogP contribution < -0.4 is 24.8 Å². The third kappa shape index (κ3) is 6.41. The maximum Gasteiger partial charge on any atom is 0.224 e. The van der Waals surface area contributed by atoms with Crippen molar-refractivity contribution in [1.29, 1.82) is 0 Å². The molecule has 0 saturated carbocycles. The number of benzene rings is 2. The highest BCUT2D eigenvalue weighted by atomic mass is 16.5. The van der Waals surface area contributed by atoms with Crippen molar-refractivity contribution in [3.8, 4) is 17.2 Å². The Hall–Kier alpha value is -3.22. The molecule has 2 rings (SSSR count). The van der Waals surface area contributed by atoms with Crippen LogP contribution in [0.15, 0.2) is 36.4 Å². The van der Waals surface area contributed by atoms with Crippen molar-refractivity contribution in [3.05, 3.63) is 47.5 Å². The number of amides is 2. The molecule has 2 amide bonds. The number of nitrogens with one attached hydrogen (secondary N) is 2. The van der Waals surface area contributed by atoms with Crippen LogP contribution in [0.1, 0.15) is 30.9 Å².